The van der Waals surface area contributed by atoms with Crippen LogP contribution in [0.5, 0.6) is 11.5 Å². The molecule has 5 aromatic rings. The predicted molar refractivity (Wildman–Crippen MR) is 146 cm³/mol. The first-order valence-electron chi connectivity index (χ1n) is 12.3. The van der Waals surface area contributed by atoms with Gasteiger partial charge in [-0.25, -0.2) is 0 Å². The van der Waals surface area contributed by atoms with Gasteiger partial charge in [0.15, 0.2) is 5.43 Å². The summed E-state index contributed by atoms with van der Waals surface area (Å²) < 4.78 is 47.9. The van der Waals surface area contributed by atoms with E-state index < -0.39 is 10.5 Å². The molecule has 0 unspecified atom stereocenters. The Morgan fingerprint density at radius 2 is 1.92 bits per heavy atom. The molecule has 1 N–H and O–H groups in total. The van der Waals surface area contributed by atoms with Crippen LogP contribution in [0.3, 0.4) is 0 Å². The fourth-order valence-corrected chi connectivity index (χ4v) is 5.74. The van der Waals surface area contributed by atoms with Crippen molar-refractivity contribution < 1.29 is 21.2 Å². The standard InChI is InChI=1S/C28H23FN4O5S/c1-3-37-25-12-22-24(11-21(25)17-5-4-6-19(10-17)38-39(29,35)36)33(18-14-32(2)15-18)28-26(27(22)34)20-8-7-16(13-30)9-23(20)31-28/h4-12,18,31H,3,14-15H2,1-2H3. The minimum atomic E-state index is -5.20. The second-order valence-corrected chi connectivity index (χ2v) is 10.6. The zero-order chi connectivity index (χ0) is 27.5. The van der Waals surface area contributed by atoms with Gasteiger partial charge in [0.2, 0.25) is 0 Å². The van der Waals surface area contributed by atoms with Crippen molar-refractivity contribution in [1.82, 2.24) is 14.5 Å². The normalized spacial score (nSPS) is 14.5. The van der Waals surface area contributed by atoms with Gasteiger partial charge < -0.3 is 23.4 Å². The monoisotopic (exact) mass is 546 g/mol. The number of rotatable bonds is 6. The molecule has 1 aliphatic rings. The first kappa shape index (κ1) is 24.9. The van der Waals surface area contributed by atoms with Crippen molar-refractivity contribution in [1.29, 1.82) is 5.26 Å². The van der Waals surface area contributed by atoms with Crippen molar-refractivity contribution in [2.45, 2.75) is 13.0 Å². The predicted octanol–water partition coefficient (Wildman–Crippen LogP) is 4.65. The molecule has 9 nitrogen and oxygen atoms in total. The topological polar surface area (TPSA) is 117 Å². The van der Waals surface area contributed by atoms with Crippen molar-refractivity contribution in [3.05, 3.63) is 70.4 Å². The number of nitriles is 1. The summed E-state index contributed by atoms with van der Waals surface area (Å²) in [4.78, 5) is 19.5. The number of nitrogens with zero attached hydrogens (tertiary/aromatic N) is 3. The van der Waals surface area contributed by atoms with E-state index in [1.54, 1.807) is 36.4 Å². The minimum Gasteiger partial charge on any atom is -0.493 e. The van der Waals surface area contributed by atoms with Crippen LogP contribution in [-0.2, 0) is 10.5 Å². The Morgan fingerprint density at radius 3 is 2.62 bits per heavy atom. The Morgan fingerprint density at radius 1 is 1.13 bits per heavy atom. The van der Waals surface area contributed by atoms with E-state index in [1.165, 1.54) is 12.1 Å². The molecule has 198 valence electrons. The smallest absolute Gasteiger partial charge is 0.488 e. The molecule has 0 spiro atoms. The molecule has 0 aliphatic carbocycles. The molecule has 0 atom stereocenters. The molecule has 0 bridgehead atoms. The Hall–Kier alpha value is -4.40. The van der Waals surface area contributed by atoms with Crippen LogP contribution in [-0.4, -0.2) is 49.6 Å². The van der Waals surface area contributed by atoms with E-state index in [0.29, 0.717) is 56.5 Å². The van der Waals surface area contributed by atoms with Gasteiger partial charge in [-0.1, -0.05) is 22.1 Å². The van der Waals surface area contributed by atoms with E-state index in [1.807, 2.05) is 20.0 Å². The summed E-state index contributed by atoms with van der Waals surface area (Å²) >= 11 is 0. The van der Waals surface area contributed by atoms with Gasteiger partial charge in [-0.05, 0) is 55.9 Å². The molecule has 0 saturated carbocycles. The molecule has 3 heterocycles. The van der Waals surface area contributed by atoms with E-state index in [-0.39, 0.29) is 17.2 Å². The van der Waals surface area contributed by atoms with Gasteiger partial charge in [0.05, 0.1) is 40.6 Å². The second-order valence-electron chi connectivity index (χ2n) is 9.60. The first-order chi connectivity index (χ1) is 18.7. The number of halogens is 1. The number of benzene rings is 3. The first-order valence-corrected chi connectivity index (χ1v) is 13.6. The summed E-state index contributed by atoms with van der Waals surface area (Å²) in [5.41, 5.74) is 3.45. The van der Waals surface area contributed by atoms with Crippen LogP contribution in [0, 0.1) is 11.3 Å². The number of pyridine rings is 1. The third-order valence-electron chi connectivity index (χ3n) is 7.03. The maximum atomic E-state index is 14.0. The molecule has 1 aliphatic heterocycles. The Kier molecular flexibility index (Phi) is 5.82. The molecule has 0 radical (unpaired) electrons. The third-order valence-corrected chi connectivity index (χ3v) is 7.42. The number of H-pyrrole nitrogens is 1. The number of hydrogen-bond donors (Lipinski definition) is 1. The molecule has 2 aromatic heterocycles. The van der Waals surface area contributed by atoms with Crippen molar-refractivity contribution in [2.75, 3.05) is 26.7 Å². The Bertz CT molecular complexity index is 2000. The lowest BCUT2D eigenvalue weighted by molar-refractivity contribution is 0.146. The molecule has 3 aromatic carbocycles. The van der Waals surface area contributed by atoms with Crippen molar-refractivity contribution >= 4 is 43.3 Å². The molecule has 11 heteroatoms. The summed E-state index contributed by atoms with van der Waals surface area (Å²) in [5.74, 6) is 0.237. The Balaban J connectivity index is 1.69. The molecule has 0 amide bonds. The number of likely N-dealkylation sites (N-methyl/N-ethyl adjacent to an activating group) is 1. The fraction of sp³-hybridized carbons (Fsp3) is 0.214. The van der Waals surface area contributed by atoms with Gasteiger partial charge in [0, 0.05) is 29.6 Å². The lowest BCUT2D eigenvalue weighted by Crippen LogP contribution is -2.45. The quantitative estimate of drug-likeness (QED) is 0.308. The summed E-state index contributed by atoms with van der Waals surface area (Å²) in [6.07, 6.45) is 0. The number of likely N-dealkylation sites (tertiary alicyclic amines) is 1. The van der Waals surface area contributed by atoms with Gasteiger partial charge >= 0.3 is 10.5 Å². The molecular formula is C28H23FN4O5S. The summed E-state index contributed by atoms with van der Waals surface area (Å²) in [5, 5.41) is 11.1. The number of ether oxygens (including phenoxy) is 1. The zero-order valence-corrected chi connectivity index (χ0v) is 21.9. The molecule has 1 fully saturated rings. The van der Waals surface area contributed by atoms with Crippen LogP contribution in [0.2, 0.25) is 0 Å². The van der Waals surface area contributed by atoms with Gasteiger partial charge in [0.1, 0.15) is 17.1 Å². The molecule has 6 rings (SSSR count). The number of aromatic amines is 1. The SMILES string of the molecule is CCOc1cc2c(=O)c3c4ccc(C#N)cc4[nH]c3n(C3CN(C)C3)c2cc1-c1cccc(OS(=O)(=O)F)c1. The number of aromatic nitrogens is 2. The lowest BCUT2D eigenvalue weighted by Gasteiger charge is -2.39. The van der Waals surface area contributed by atoms with Gasteiger partial charge in [-0.15, -0.1) is 0 Å². The maximum absolute atomic E-state index is 14.0. The molecule has 39 heavy (non-hydrogen) atoms. The summed E-state index contributed by atoms with van der Waals surface area (Å²) in [7, 11) is -3.18. The summed E-state index contributed by atoms with van der Waals surface area (Å²) in [6, 6.07) is 17.0. The number of nitrogens with one attached hydrogen (secondary N) is 1. The van der Waals surface area contributed by atoms with E-state index in [0.717, 1.165) is 18.5 Å². The van der Waals surface area contributed by atoms with Gasteiger partial charge in [0.25, 0.3) is 0 Å². The fourth-order valence-electron chi connectivity index (χ4n) is 5.41. The van der Waals surface area contributed by atoms with Crippen LogP contribution < -0.4 is 14.3 Å². The van der Waals surface area contributed by atoms with E-state index >= 15 is 0 Å². The van der Waals surface area contributed by atoms with Crippen molar-refractivity contribution in [2.24, 2.45) is 0 Å². The van der Waals surface area contributed by atoms with Crippen LogP contribution in [0.25, 0.3) is 44.0 Å². The highest BCUT2D eigenvalue weighted by atomic mass is 32.3. The van der Waals surface area contributed by atoms with Crippen LogP contribution in [0.15, 0.2) is 59.4 Å². The summed E-state index contributed by atoms with van der Waals surface area (Å²) in [6.45, 7) is 3.68. The van der Waals surface area contributed by atoms with E-state index in [2.05, 4.69) is 24.7 Å². The Labute approximate surface area is 223 Å². The largest absolute Gasteiger partial charge is 0.493 e. The van der Waals surface area contributed by atoms with Gasteiger partial charge in [-0.2, -0.15) is 13.7 Å². The second kappa shape index (κ2) is 9.11. The highest BCUT2D eigenvalue weighted by molar-refractivity contribution is 7.81. The van der Waals surface area contributed by atoms with Crippen molar-refractivity contribution in [3.63, 3.8) is 0 Å². The average molecular weight is 547 g/mol. The average Bonchev–Trinajstić information content (AvgIpc) is 3.25. The van der Waals surface area contributed by atoms with Crippen molar-refractivity contribution in [3.8, 4) is 28.7 Å². The van der Waals surface area contributed by atoms with Crippen LogP contribution in [0.1, 0.15) is 18.5 Å². The third kappa shape index (κ3) is 4.27. The molecular weight excluding hydrogens is 523 g/mol. The number of fused-ring (bicyclic) bond motifs is 4. The maximum Gasteiger partial charge on any atom is 0.488 e. The minimum absolute atomic E-state index is 0.0706. The lowest BCUT2D eigenvalue weighted by atomic mass is 9.99. The molecule has 1 saturated heterocycles. The van der Waals surface area contributed by atoms with E-state index in [4.69, 9.17) is 4.74 Å². The van der Waals surface area contributed by atoms with Gasteiger partial charge in [-0.3, -0.25) is 4.79 Å². The van der Waals surface area contributed by atoms with Crippen LogP contribution >= 0.6 is 0 Å². The van der Waals surface area contributed by atoms with Crippen LogP contribution in [0.4, 0.5) is 3.89 Å². The highest BCUT2D eigenvalue weighted by Gasteiger charge is 2.29. The number of hydrogen-bond acceptors (Lipinski definition) is 7. The zero-order valence-electron chi connectivity index (χ0n) is 21.1. The van der Waals surface area contributed by atoms with E-state index in [9.17, 15) is 22.4 Å². The highest BCUT2D eigenvalue weighted by Crippen LogP contribution is 2.39.